The van der Waals surface area contributed by atoms with Crippen molar-refractivity contribution in [1.29, 1.82) is 0 Å². The molecular weight excluding hydrogens is 347 g/mol. The number of ether oxygens (including phenoxy) is 1. The quantitative estimate of drug-likeness (QED) is 0.740. The molecule has 0 bridgehead atoms. The number of carbonyl (C=O) groups is 1. The van der Waals surface area contributed by atoms with Gasteiger partial charge in [0, 0.05) is 12.6 Å². The molecule has 8 heteroatoms. The molecule has 2 N–H and O–H groups in total. The number of nitrogens with one attached hydrogen (secondary N) is 2. The van der Waals surface area contributed by atoms with Crippen molar-refractivity contribution in [3.05, 3.63) is 66.5 Å². The zero-order valence-corrected chi connectivity index (χ0v) is 14.3. The SMILES string of the molecule is C=CCNC(=O)c1ccccc1NS(=O)(=O)c1ccc(F)c(OC)c1. The molecule has 132 valence electrons. The molecule has 0 atom stereocenters. The summed E-state index contributed by atoms with van der Waals surface area (Å²) < 4.78 is 45.7. The fourth-order valence-corrected chi connectivity index (χ4v) is 3.14. The second-order valence-corrected chi connectivity index (χ2v) is 6.63. The first-order valence-electron chi connectivity index (χ1n) is 7.23. The third kappa shape index (κ3) is 4.36. The summed E-state index contributed by atoms with van der Waals surface area (Å²) in [6.07, 6.45) is 1.51. The number of benzene rings is 2. The maximum Gasteiger partial charge on any atom is 0.262 e. The summed E-state index contributed by atoms with van der Waals surface area (Å²) in [4.78, 5) is 11.9. The number of hydrogen-bond donors (Lipinski definition) is 2. The third-order valence-electron chi connectivity index (χ3n) is 3.26. The van der Waals surface area contributed by atoms with Gasteiger partial charge in [0.15, 0.2) is 11.6 Å². The number of amides is 1. The van der Waals surface area contributed by atoms with Crippen LogP contribution in [0.3, 0.4) is 0 Å². The average molecular weight is 364 g/mol. The Labute approximate surface area is 145 Å². The van der Waals surface area contributed by atoms with Crippen molar-refractivity contribution in [2.24, 2.45) is 0 Å². The molecule has 0 aromatic heterocycles. The molecule has 0 aliphatic heterocycles. The number of carbonyl (C=O) groups excluding carboxylic acids is 1. The number of methoxy groups -OCH3 is 1. The highest BCUT2D eigenvalue weighted by Crippen LogP contribution is 2.24. The number of anilines is 1. The van der Waals surface area contributed by atoms with Crippen LogP contribution in [0.1, 0.15) is 10.4 Å². The smallest absolute Gasteiger partial charge is 0.262 e. The van der Waals surface area contributed by atoms with Crippen molar-refractivity contribution in [2.75, 3.05) is 18.4 Å². The van der Waals surface area contributed by atoms with E-state index in [4.69, 9.17) is 4.74 Å². The van der Waals surface area contributed by atoms with Crippen LogP contribution in [0, 0.1) is 5.82 Å². The maximum atomic E-state index is 13.5. The summed E-state index contributed by atoms with van der Waals surface area (Å²) in [6.45, 7) is 3.75. The molecule has 1 amide bonds. The zero-order chi connectivity index (χ0) is 18.4. The molecule has 0 fully saturated rings. The lowest BCUT2D eigenvalue weighted by Gasteiger charge is -2.13. The third-order valence-corrected chi connectivity index (χ3v) is 4.62. The lowest BCUT2D eigenvalue weighted by atomic mass is 10.1. The Morgan fingerprint density at radius 3 is 2.68 bits per heavy atom. The molecule has 25 heavy (non-hydrogen) atoms. The van der Waals surface area contributed by atoms with Gasteiger partial charge in [0.2, 0.25) is 0 Å². The van der Waals surface area contributed by atoms with Crippen LogP contribution in [0.4, 0.5) is 10.1 Å². The number of rotatable bonds is 7. The Balaban J connectivity index is 2.35. The Hall–Kier alpha value is -2.87. The summed E-state index contributed by atoms with van der Waals surface area (Å²) in [5.74, 6) is -1.32. The molecule has 0 saturated heterocycles. The summed E-state index contributed by atoms with van der Waals surface area (Å²) in [5, 5.41) is 2.58. The first kappa shape index (κ1) is 18.5. The molecular formula is C17H17FN2O4S. The van der Waals surface area contributed by atoms with Crippen molar-refractivity contribution in [1.82, 2.24) is 5.32 Å². The molecule has 0 radical (unpaired) electrons. The molecule has 6 nitrogen and oxygen atoms in total. The van der Waals surface area contributed by atoms with E-state index in [-0.39, 0.29) is 28.4 Å². The van der Waals surface area contributed by atoms with Crippen molar-refractivity contribution in [3.63, 3.8) is 0 Å². The largest absolute Gasteiger partial charge is 0.494 e. The number of hydrogen-bond acceptors (Lipinski definition) is 4. The lowest BCUT2D eigenvalue weighted by Crippen LogP contribution is -2.25. The van der Waals surface area contributed by atoms with Crippen LogP contribution in [-0.2, 0) is 10.0 Å². The van der Waals surface area contributed by atoms with Crippen molar-refractivity contribution in [2.45, 2.75) is 4.90 Å². The summed E-state index contributed by atoms with van der Waals surface area (Å²) >= 11 is 0. The highest BCUT2D eigenvalue weighted by Gasteiger charge is 2.20. The lowest BCUT2D eigenvalue weighted by molar-refractivity contribution is 0.0959. The minimum Gasteiger partial charge on any atom is -0.494 e. The van der Waals surface area contributed by atoms with Crippen LogP contribution in [0.25, 0.3) is 0 Å². The van der Waals surface area contributed by atoms with Gasteiger partial charge in [-0.05, 0) is 24.3 Å². The summed E-state index contributed by atoms with van der Waals surface area (Å²) in [7, 11) is -2.80. The van der Waals surface area contributed by atoms with E-state index in [0.717, 1.165) is 18.2 Å². The van der Waals surface area contributed by atoms with Crippen LogP contribution in [0.15, 0.2) is 60.0 Å². The van der Waals surface area contributed by atoms with Gasteiger partial charge < -0.3 is 10.1 Å². The van der Waals surface area contributed by atoms with Gasteiger partial charge in [-0.15, -0.1) is 6.58 Å². The normalized spacial score (nSPS) is 10.8. The van der Waals surface area contributed by atoms with Crippen LogP contribution < -0.4 is 14.8 Å². The maximum absolute atomic E-state index is 13.5. The van der Waals surface area contributed by atoms with E-state index < -0.39 is 21.7 Å². The Morgan fingerprint density at radius 1 is 1.28 bits per heavy atom. The second-order valence-electron chi connectivity index (χ2n) is 4.95. The predicted octanol–water partition coefficient (Wildman–Crippen LogP) is 2.55. The molecule has 0 aliphatic carbocycles. The topological polar surface area (TPSA) is 84.5 Å². The van der Waals surface area contributed by atoms with Gasteiger partial charge in [0.1, 0.15) is 0 Å². The van der Waals surface area contributed by atoms with E-state index in [2.05, 4.69) is 16.6 Å². The predicted molar refractivity (Wildman–Crippen MR) is 92.7 cm³/mol. The number of para-hydroxylation sites is 1. The minimum absolute atomic E-state index is 0.104. The highest BCUT2D eigenvalue weighted by molar-refractivity contribution is 7.92. The molecule has 2 aromatic carbocycles. The van der Waals surface area contributed by atoms with Crippen molar-refractivity contribution >= 4 is 21.6 Å². The minimum atomic E-state index is -4.04. The van der Waals surface area contributed by atoms with Crippen LogP contribution in [0.2, 0.25) is 0 Å². The molecule has 2 rings (SSSR count). The first-order valence-corrected chi connectivity index (χ1v) is 8.72. The van der Waals surface area contributed by atoms with E-state index in [1.807, 2.05) is 0 Å². The van der Waals surface area contributed by atoms with Crippen LogP contribution in [0.5, 0.6) is 5.75 Å². The Kier molecular flexibility index (Phi) is 5.76. The van der Waals surface area contributed by atoms with Crippen molar-refractivity contribution in [3.8, 4) is 5.75 Å². The first-order chi connectivity index (χ1) is 11.9. The molecule has 0 aliphatic rings. The fourth-order valence-electron chi connectivity index (χ4n) is 2.04. The van der Waals surface area contributed by atoms with Gasteiger partial charge in [-0.25, -0.2) is 12.8 Å². The molecule has 0 heterocycles. The monoisotopic (exact) mass is 364 g/mol. The van der Waals surface area contributed by atoms with Gasteiger partial charge in [-0.2, -0.15) is 0 Å². The van der Waals surface area contributed by atoms with E-state index >= 15 is 0 Å². The van der Waals surface area contributed by atoms with Gasteiger partial charge >= 0.3 is 0 Å². The molecule has 0 spiro atoms. The van der Waals surface area contributed by atoms with E-state index in [1.165, 1.54) is 25.3 Å². The number of sulfonamides is 1. The van der Waals surface area contributed by atoms with Gasteiger partial charge in [0.05, 0.1) is 23.3 Å². The standard InChI is InChI=1S/C17H17FN2O4S/c1-3-10-19-17(21)13-6-4-5-7-15(13)20-25(22,23)12-8-9-14(18)16(11-12)24-2/h3-9,11,20H,1,10H2,2H3,(H,19,21). The van der Waals surface area contributed by atoms with E-state index in [9.17, 15) is 17.6 Å². The molecule has 0 unspecified atom stereocenters. The Bertz CT molecular complexity index is 897. The van der Waals surface area contributed by atoms with Crippen LogP contribution in [-0.4, -0.2) is 28.0 Å². The Morgan fingerprint density at radius 2 is 2.00 bits per heavy atom. The summed E-state index contributed by atoms with van der Waals surface area (Å²) in [6, 6.07) is 9.33. The fraction of sp³-hybridized carbons (Fsp3) is 0.118. The van der Waals surface area contributed by atoms with Gasteiger partial charge in [0.25, 0.3) is 15.9 Å². The molecule has 0 saturated carbocycles. The van der Waals surface area contributed by atoms with Crippen molar-refractivity contribution < 1.29 is 22.3 Å². The average Bonchev–Trinajstić information content (AvgIpc) is 2.60. The molecule has 2 aromatic rings. The highest BCUT2D eigenvalue weighted by atomic mass is 32.2. The second kappa shape index (κ2) is 7.80. The van der Waals surface area contributed by atoms with Gasteiger partial charge in [-0.3, -0.25) is 9.52 Å². The zero-order valence-electron chi connectivity index (χ0n) is 13.5. The number of halogens is 1. The van der Waals surface area contributed by atoms with Gasteiger partial charge in [-0.1, -0.05) is 18.2 Å². The summed E-state index contributed by atoms with van der Waals surface area (Å²) in [5.41, 5.74) is 0.259. The van der Waals surface area contributed by atoms with E-state index in [0.29, 0.717) is 0 Å². The van der Waals surface area contributed by atoms with E-state index in [1.54, 1.807) is 12.1 Å². The van der Waals surface area contributed by atoms with Crippen LogP contribution >= 0.6 is 0 Å².